The van der Waals surface area contributed by atoms with Crippen LogP contribution in [0.4, 0.5) is 0 Å². The lowest BCUT2D eigenvalue weighted by Crippen LogP contribution is -1.96. The smallest absolute Gasteiger partial charge is 0.124 e. The molecule has 2 rings (SSSR count). The van der Waals surface area contributed by atoms with Crippen LogP contribution in [0.2, 0.25) is 0 Å². The predicted molar refractivity (Wildman–Crippen MR) is 72.8 cm³/mol. The van der Waals surface area contributed by atoms with Gasteiger partial charge in [0.2, 0.25) is 0 Å². The van der Waals surface area contributed by atoms with Crippen molar-refractivity contribution in [2.75, 3.05) is 0 Å². The van der Waals surface area contributed by atoms with Crippen molar-refractivity contribution in [1.82, 2.24) is 0 Å². The lowest BCUT2D eigenvalue weighted by molar-refractivity contribution is 0.275. The van der Waals surface area contributed by atoms with Crippen molar-refractivity contribution in [2.45, 2.75) is 26.9 Å². The highest BCUT2D eigenvalue weighted by Gasteiger charge is 2.08. The summed E-state index contributed by atoms with van der Waals surface area (Å²) in [6.07, 6.45) is 0.688. The average molecular weight is 242 g/mol. The summed E-state index contributed by atoms with van der Waals surface area (Å²) in [5, 5.41) is 19.2. The summed E-state index contributed by atoms with van der Waals surface area (Å²) in [6, 6.07) is 11.7. The molecule has 0 saturated heterocycles. The van der Waals surface area contributed by atoms with Crippen molar-refractivity contribution >= 4 is 0 Å². The van der Waals surface area contributed by atoms with E-state index < -0.39 is 0 Å². The third-order valence-electron chi connectivity index (χ3n) is 3.47. The standard InChI is InChI=1S/C16H18O2/c1-11-5-3-6-13(12(11)2)9-14-7-4-8-15(10-17)16(14)18/h3-8,17-18H,9-10H2,1-2H3. The Kier molecular flexibility index (Phi) is 3.68. The van der Waals surface area contributed by atoms with Crippen LogP contribution in [0.3, 0.4) is 0 Å². The number of aliphatic hydroxyl groups excluding tert-OH is 1. The van der Waals surface area contributed by atoms with E-state index in [0.717, 1.165) is 5.56 Å². The number of aromatic hydroxyl groups is 1. The zero-order chi connectivity index (χ0) is 13.1. The molecule has 2 nitrogen and oxygen atoms in total. The van der Waals surface area contributed by atoms with E-state index in [1.165, 1.54) is 16.7 Å². The fourth-order valence-electron chi connectivity index (χ4n) is 2.12. The first-order valence-corrected chi connectivity index (χ1v) is 6.09. The molecule has 0 atom stereocenters. The van der Waals surface area contributed by atoms with Crippen molar-refractivity contribution in [3.8, 4) is 5.75 Å². The molecule has 2 heteroatoms. The molecule has 0 fully saturated rings. The summed E-state index contributed by atoms with van der Waals surface area (Å²) in [7, 11) is 0. The fourth-order valence-corrected chi connectivity index (χ4v) is 2.12. The van der Waals surface area contributed by atoms with Crippen molar-refractivity contribution < 1.29 is 10.2 Å². The Morgan fingerprint density at radius 1 is 0.889 bits per heavy atom. The molecule has 0 radical (unpaired) electrons. The minimum Gasteiger partial charge on any atom is -0.507 e. The van der Waals surface area contributed by atoms with Crippen LogP contribution in [0.5, 0.6) is 5.75 Å². The number of aryl methyl sites for hydroxylation is 1. The molecule has 0 unspecified atom stereocenters. The second kappa shape index (κ2) is 5.23. The molecule has 0 amide bonds. The van der Waals surface area contributed by atoms with E-state index in [0.29, 0.717) is 12.0 Å². The second-order valence-corrected chi connectivity index (χ2v) is 4.62. The van der Waals surface area contributed by atoms with Gasteiger partial charge in [-0.2, -0.15) is 0 Å². The Balaban J connectivity index is 2.37. The molecule has 18 heavy (non-hydrogen) atoms. The molecule has 0 aliphatic rings. The molecular weight excluding hydrogens is 224 g/mol. The lowest BCUT2D eigenvalue weighted by Gasteiger charge is -2.11. The molecule has 0 aliphatic heterocycles. The Morgan fingerprint density at radius 3 is 2.22 bits per heavy atom. The number of rotatable bonds is 3. The number of para-hydroxylation sites is 1. The number of benzene rings is 2. The van der Waals surface area contributed by atoms with Gasteiger partial charge >= 0.3 is 0 Å². The minimum atomic E-state index is -0.132. The Labute approximate surface area is 108 Å². The quantitative estimate of drug-likeness (QED) is 0.868. The lowest BCUT2D eigenvalue weighted by atomic mass is 9.96. The molecule has 0 heterocycles. The fraction of sp³-hybridized carbons (Fsp3) is 0.250. The van der Waals surface area contributed by atoms with Gasteiger partial charge in [0.15, 0.2) is 0 Å². The van der Waals surface area contributed by atoms with Crippen molar-refractivity contribution in [2.24, 2.45) is 0 Å². The molecule has 0 aliphatic carbocycles. The third kappa shape index (κ3) is 2.39. The van der Waals surface area contributed by atoms with Crippen molar-refractivity contribution in [3.63, 3.8) is 0 Å². The first kappa shape index (κ1) is 12.7. The van der Waals surface area contributed by atoms with Gasteiger partial charge in [-0.05, 0) is 36.1 Å². The first-order chi connectivity index (χ1) is 8.63. The molecule has 2 aromatic rings. The summed E-state index contributed by atoms with van der Waals surface area (Å²) in [5.41, 5.74) is 5.16. The van der Waals surface area contributed by atoms with Gasteiger partial charge in [0.25, 0.3) is 0 Å². The van der Waals surface area contributed by atoms with Crippen molar-refractivity contribution in [1.29, 1.82) is 0 Å². The van der Waals surface area contributed by atoms with Gasteiger partial charge in [-0.3, -0.25) is 0 Å². The molecule has 0 saturated carbocycles. The maximum atomic E-state index is 10.1. The minimum absolute atomic E-state index is 0.132. The highest BCUT2D eigenvalue weighted by atomic mass is 16.3. The van der Waals surface area contributed by atoms with Crippen LogP contribution in [-0.2, 0) is 13.0 Å². The third-order valence-corrected chi connectivity index (χ3v) is 3.47. The van der Waals surface area contributed by atoms with Gasteiger partial charge in [0.05, 0.1) is 6.61 Å². The van der Waals surface area contributed by atoms with E-state index in [9.17, 15) is 5.11 Å². The zero-order valence-electron chi connectivity index (χ0n) is 10.8. The highest BCUT2D eigenvalue weighted by molar-refractivity contribution is 5.44. The molecule has 0 aromatic heterocycles. The highest BCUT2D eigenvalue weighted by Crippen LogP contribution is 2.26. The van der Waals surface area contributed by atoms with E-state index in [4.69, 9.17) is 5.11 Å². The number of phenols is 1. The Morgan fingerprint density at radius 2 is 1.50 bits per heavy atom. The second-order valence-electron chi connectivity index (χ2n) is 4.62. The van der Waals surface area contributed by atoms with Gasteiger partial charge in [-0.25, -0.2) is 0 Å². The van der Waals surface area contributed by atoms with Crippen LogP contribution < -0.4 is 0 Å². The normalized spacial score (nSPS) is 10.6. The molecule has 2 N–H and O–H groups in total. The number of hydrogen-bond donors (Lipinski definition) is 2. The molecular formula is C16H18O2. The van der Waals surface area contributed by atoms with Crippen molar-refractivity contribution in [3.05, 3.63) is 64.2 Å². The van der Waals surface area contributed by atoms with Gasteiger partial charge in [0.1, 0.15) is 5.75 Å². The molecule has 94 valence electrons. The van der Waals surface area contributed by atoms with Crippen LogP contribution in [-0.4, -0.2) is 10.2 Å². The van der Waals surface area contributed by atoms with Gasteiger partial charge in [-0.15, -0.1) is 0 Å². The SMILES string of the molecule is Cc1cccc(Cc2cccc(CO)c2O)c1C. The molecule has 0 bridgehead atoms. The van der Waals surface area contributed by atoms with Crippen LogP contribution >= 0.6 is 0 Å². The summed E-state index contributed by atoms with van der Waals surface area (Å²) >= 11 is 0. The molecule has 2 aromatic carbocycles. The van der Waals surface area contributed by atoms with Gasteiger partial charge in [0, 0.05) is 12.0 Å². The largest absolute Gasteiger partial charge is 0.507 e. The zero-order valence-corrected chi connectivity index (χ0v) is 10.8. The first-order valence-electron chi connectivity index (χ1n) is 6.09. The summed E-state index contributed by atoms with van der Waals surface area (Å²) in [6.45, 7) is 4.05. The van der Waals surface area contributed by atoms with E-state index in [1.807, 2.05) is 18.2 Å². The van der Waals surface area contributed by atoms with Crippen LogP contribution in [0.1, 0.15) is 27.8 Å². The predicted octanol–water partition coefficient (Wildman–Crippen LogP) is 3.09. The number of aliphatic hydroxyl groups is 1. The maximum absolute atomic E-state index is 10.1. The van der Waals surface area contributed by atoms with E-state index in [1.54, 1.807) is 6.07 Å². The van der Waals surface area contributed by atoms with Crippen LogP contribution in [0.15, 0.2) is 36.4 Å². The maximum Gasteiger partial charge on any atom is 0.124 e. The van der Waals surface area contributed by atoms with E-state index in [-0.39, 0.29) is 12.4 Å². The topological polar surface area (TPSA) is 40.5 Å². The van der Waals surface area contributed by atoms with Crippen LogP contribution in [0.25, 0.3) is 0 Å². The monoisotopic (exact) mass is 242 g/mol. The average Bonchev–Trinajstić information content (AvgIpc) is 2.37. The van der Waals surface area contributed by atoms with E-state index in [2.05, 4.69) is 26.0 Å². The molecule has 0 spiro atoms. The van der Waals surface area contributed by atoms with E-state index >= 15 is 0 Å². The number of hydrogen-bond acceptors (Lipinski definition) is 2. The Bertz CT molecular complexity index is 559. The Hall–Kier alpha value is -1.80. The van der Waals surface area contributed by atoms with Gasteiger partial charge in [-0.1, -0.05) is 36.4 Å². The summed E-state index contributed by atoms with van der Waals surface area (Å²) in [4.78, 5) is 0. The van der Waals surface area contributed by atoms with Gasteiger partial charge < -0.3 is 10.2 Å². The van der Waals surface area contributed by atoms with Crippen LogP contribution in [0, 0.1) is 13.8 Å². The summed E-state index contributed by atoms with van der Waals surface area (Å²) < 4.78 is 0. The summed E-state index contributed by atoms with van der Waals surface area (Å²) in [5.74, 6) is 0.209.